The topological polar surface area (TPSA) is 42.4 Å². The summed E-state index contributed by atoms with van der Waals surface area (Å²) in [4.78, 5) is 17.7. The van der Waals surface area contributed by atoms with Crippen molar-refractivity contribution < 1.29 is 9.53 Å². The first-order valence-corrected chi connectivity index (χ1v) is 6.98. The molecule has 0 unspecified atom stereocenters. The van der Waals surface area contributed by atoms with Crippen molar-refractivity contribution in [2.75, 3.05) is 13.7 Å². The van der Waals surface area contributed by atoms with E-state index in [9.17, 15) is 4.79 Å². The van der Waals surface area contributed by atoms with E-state index in [4.69, 9.17) is 16.3 Å². The smallest absolute Gasteiger partial charge is 0.319 e. The van der Waals surface area contributed by atoms with Gasteiger partial charge in [0.2, 0.25) is 0 Å². The summed E-state index contributed by atoms with van der Waals surface area (Å²) in [5, 5.41) is 0.488. The van der Waals surface area contributed by atoms with Crippen LogP contribution < -0.4 is 0 Å². The van der Waals surface area contributed by atoms with Gasteiger partial charge in [-0.1, -0.05) is 24.4 Å². The highest BCUT2D eigenvalue weighted by atomic mass is 35.5. The number of hydrogen-bond donors (Lipinski definition) is 0. The van der Waals surface area contributed by atoms with Crippen LogP contribution in [0.2, 0.25) is 5.15 Å². The van der Waals surface area contributed by atoms with Crippen LogP contribution in [0.4, 0.5) is 0 Å². The van der Waals surface area contributed by atoms with Gasteiger partial charge in [0.1, 0.15) is 5.15 Å². The summed E-state index contributed by atoms with van der Waals surface area (Å²) in [6.45, 7) is 1.04. The number of ether oxygens (including phenoxy) is 1. The summed E-state index contributed by atoms with van der Waals surface area (Å²) in [7, 11) is 1.43. The standard InChI is InChI=1S/C14H19ClN2O2/c1-19-14(18)10-17(12-4-2-3-5-12)9-11-6-7-16-13(15)8-11/h6-8,12H,2-5,9-10H2,1H3. The number of esters is 1. The quantitative estimate of drug-likeness (QED) is 0.615. The normalized spacial score (nSPS) is 15.9. The summed E-state index contributed by atoms with van der Waals surface area (Å²) in [5.74, 6) is -0.188. The molecule has 0 amide bonds. The van der Waals surface area contributed by atoms with Gasteiger partial charge >= 0.3 is 5.97 Å². The molecular formula is C14H19ClN2O2. The highest BCUT2D eigenvalue weighted by molar-refractivity contribution is 6.29. The van der Waals surface area contributed by atoms with E-state index in [1.807, 2.05) is 12.1 Å². The Morgan fingerprint density at radius 1 is 1.53 bits per heavy atom. The molecule has 1 heterocycles. The Bertz CT molecular complexity index is 433. The Hall–Kier alpha value is -1.13. The van der Waals surface area contributed by atoms with Crippen LogP contribution in [0.1, 0.15) is 31.2 Å². The molecule has 4 nitrogen and oxygen atoms in total. The molecule has 1 fully saturated rings. The SMILES string of the molecule is COC(=O)CN(Cc1ccnc(Cl)c1)C1CCCC1. The van der Waals surface area contributed by atoms with E-state index in [2.05, 4.69) is 9.88 Å². The molecule has 1 aromatic rings. The van der Waals surface area contributed by atoms with Crippen LogP contribution in [-0.2, 0) is 16.1 Å². The van der Waals surface area contributed by atoms with Gasteiger partial charge in [0.05, 0.1) is 13.7 Å². The fourth-order valence-corrected chi connectivity index (χ4v) is 2.79. The van der Waals surface area contributed by atoms with Crippen molar-refractivity contribution in [1.29, 1.82) is 0 Å². The van der Waals surface area contributed by atoms with Crippen molar-refractivity contribution in [3.63, 3.8) is 0 Å². The average molecular weight is 283 g/mol. The van der Waals surface area contributed by atoms with Gasteiger partial charge in [0.25, 0.3) is 0 Å². The predicted octanol–water partition coefficient (Wildman–Crippen LogP) is 2.65. The lowest BCUT2D eigenvalue weighted by Gasteiger charge is -2.27. The van der Waals surface area contributed by atoms with E-state index in [1.165, 1.54) is 20.0 Å². The number of aromatic nitrogens is 1. The van der Waals surface area contributed by atoms with E-state index < -0.39 is 0 Å². The van der Waals surface area contributed by atoms with Crippen LogP contribution in [0, 0.1) is 0 Å². The molecule has 0 N–H and O–H groups in total. The first kappa shape index (κ1) is 14.3. The Morgan fingerprint density at radius 3 is 2.89 bits per heavy atom. The van der Waals surface area contributed by atoms with Crippen LogP contribution in [0.5, 0.6) is 0 Å². The van der Waals surface area contributed by atoms with Crippen molar-refractivity contribution in [2.45, 2.75) is 38.3 Å². The Morgan fingerprint density at radius 2 is 2.26 bits per heavy atom. The second-order valence-electron chi connectivity index (χ2n) is 4.91. The molecule has 104 valence electrons. The minimum absolute atomic E-state index is 0.188. The summed E-state index contributed by atoms with van der Waals surface area (Å²) in [5.41, 5.74) is 1.08. The molecule has 1 aromatic heterocycles. The Kier molecular flexibility index (Phi) is 5.16. The van der Waals surface area contributed by atoms with E-state index in [0.29, 0.717) is 24.3 Å². The Labute approximate surface area is 118 Å². The lowest BCUT2D eigenvalue weighted by molar-refractivity contribution is -0.142. The molecule has 19 heavy (non-hydrogen) atoms. The molecule has 0 radical (unpaired) electrons. The fraction of sp³-hybridized carbons (Fsp3) is 0.571. The first-order chi connectivity index (χ1) is 9.19. The number of rotatable bonds is 5. The number of methoxy groups -OCH3 is 1. The van der Waals surface area contributed by atoms with E-state index >= 15 is 0 Å². The minimum Gasteiger partial charge on any atom is -0.468 e. The van der Waals surface area contributed by atoms with Crippen LogP contribution in [0.15, 0.2) is 18.3 Å². The second kappa shape index (κ2) is 6.87. The fourth-order valence-electron chi connectivity index (χ4n) is 2.59. The molecule has 0 bridgehead atoms. The molecule has 1 aliphatic rings. The molecule has 1 aliphatic carbocycles. The molecule has 2 rings (SSSR count). The van der Waals surface area contributed by atoms with E-state index in [0.717, 1.165) is 18.4 Å². The van der Waals surface area contributed by atoms with Gasteiger partial charge in [-0.3, -0.25) is 9.69 Å². The van der Waals surface area contributed by atoms with Crippen molar-refractivity contribution in [3.8, 4) is 0 Å². The van der Waals surface area contributed by atoms with Crippen molar-refractivity contribution >= 4 is 17.6 Å². The van der Waals surface area contributed by atoms with Crippen LogP contribution in [0.3, 0.4) is 0 Å². The highest BCUT2D eigenvalue weighted by Gasteiger charge is 2.24. The molecule has 0 spiro atoms. The maximum atomic E-state index is 11.5. The number of pyridine rings is 1. The van der Waals surface area contributed by atoms with Gasteiger partial charge in [-0.2, -0.15) is 0 Å². The lowest BCUT2D eigenvalue weighted by Crippen LogP contribution is -2.37. The highest BCUT2D eigenvalue weighted by Crippen LogP contribution is 2.25. The number of hydrogen-bond acceptors (Lipinski definition) is 4. The number of nitrogens with zero attached hydrogens (tertiary/aromatic N) is 2. The monoisotopic (exact) mass is 282 g/mol. The second-order valence-corrected chi connectivity index (χ2v) is 5.29. The van der Waals surface area contributed by atoms with Gasteiger partial charge in [-0.05, 0) is 30.5 Å². The van der Waals surface area contributed by atoms with Crippen molar-refractivity contribution in [1.82, 2.24) is 9.88 Å². The van der Waals surface area contributed by atoms with Gasteiger partial charge in [-0.15, -0.1) is 0 Å². The molecule has 0 atom stereocenters. The maximum absolute atomic E-state index is 11.5. The van der Waals surface area contributed by atoms with Crippen molar-refractivity contribution in [2.24, 2.45) is 0 Å². The van der Waals surface area contributed by atoms with Gasteiger partial charge in [0.15, 0.2) is 0 Å². The zero-order valence-electron chi connectivity index (χ0n) is 11.1. The first-order valence-electron chi connectivity index (χ1n) is 6.60. The predicted molar refractivity (Wildman–Crippen MR) is 73.9 cm³/mol. The van der Waals surface area contributed by atoms with Gasteiger partial charge < -0.3 is 4.74 Å². The molecular weight excluding hydrogens is 264 g/mol. The van der Waals surface area contributed by atoms with Crippen molar-refractivity contribution in [3.05, 3.63) is 29.0 Å². The zero-order valence-corrected chi connectivity index (χ0v) is 11.9. The third-order valence-corrected chi connectivity index (χ3v) is 3.78. The number of halogens is 1. The average Bonchev–Trinajstić information content (AvgIpc) is 2.91. The molecule has 0 aromatic carbocycles. The molecule has 0 saturated heterocycles. The third-order valence-electron chi connectivity index (χ3n) is 3.58. The lowest BCUT2D eigenvalue weighted by atomic mass is 10.1. The van der Waals surface area contributed by atoms with E-state index in [1.54, 1.807) is 6.20 Å². The maximum Gasteiger partial charge on any atom is 0.319 e. The zero-order chi connectivity index (χ0) is 13.7. The van der Waals surface area contributed by atoms with Crippen LogP contribution in [0.25, 0.3) is 0 Å². The third kappa shape index (κ3) is 4.18. The number of carbonyl (C=O) groups is 1. The number of carbonyl (C=O) groups excluding carboxylic acids is 1. The van der Waals surface area contributed by atoms with Gasteiger partial charge in [-0.25, -0.2) is 4.98 Å². The molecule has 1 saturated carbocycles. The molecule has 5 heteroatoms. The van der Waals surface area contributed by atoms with Crippen LogP contribution in [-0.4, -0.2) is 35.5 Å². The summed E-state index contributed by atoms with van der Waals surface area (Å²) < 4.78 is 4.78. The van der Waals surface area contributed by atoms with E-state index in [-0.39, 0.29) is 5.97 Å². The molecule has 0 aliphatic heterocycles. The minimum atomic E-state index is -0.188. The Balaban J connectivity index is 2.05. The van der Waals surface area contributed by atoms with Gasteiger partial charge in [0, 0.05) is 18.8 Å². The summed E-state index contributed by atoms with van der Waals surface area (Å²) >= 11 is 5.90. The summed E-state index contributed by atoms with van der Waals surface area (Å²) in [6, 6.07) is 4.25. The van der Waals surface area contributed by atoms with Crippen LogP contribution >= 0.6 is 11.6 Å². The summed E-state index contributed by atoms with van der Waals surface area (Å²) in [6.07, 6.45) is 6.47. The largest absolute Gasteiger partial charge is 0.468 e.